The molecular weight excluding hydrogens is 300 g/mol. The van der Waals surface area contributed by atoms with Crippen LogP contribution in [0.4, 0.5) is 0 Å². The lowest BCUT2D eigenvalue weighted by Gasteiger charge is -2.46. The van der Waals surface area contributed by atoms with Crippen LogP contribution in [0.1, 0.15) is 30.6 Å². The molecule has 1 aromatic heterocycles. The molecule has 0 bridgehead atoms. The SMILES string of the molecule is C/C=C(\CO)[C@H]1C[C@H]2c3[nH]c4ccccc4c3CCN2CC1CO. The van der Waals surface area contributed by atoms with E-state index in [1.165, 1.54) is 22.2 Å². The molecule has 0 spiro atoms. The van der Waals surface area contributed by atoms with Gasteiger partial charge in [0, 0.05) is 42.2 Å². The summed E-state index contributed by atoms with van der Waals surface area (Å²) >= 11 is 0. The minimum atomic E-state index is 0.0872. The third-order valence-electron chi connectivity index (χ3n) is 6.05. The van der Waals surface area contributed by atoms with Crippen LogP contribution >= 0.6 is 0 Å². The molecule has 128 valence electrons. The molecule has 4 rings (SSSR count). The maximum Gasteiger partial charge on any atom is 0.0644 e. The number of H-pyrrole nitrogens is 1. The Balaban J connectivity index is 1.73. The molecule has 2 aromatic rings. The molecule has 4 heteroatoms. The van der Waals surface area contributed by atoms with E-state index < -0.39 is 0 Å². The zero-order chi connectivity index (χ0) is 16.7. The number of piperidine rings is 1. The average molecular weight is 326 g/mol. The monoisotopic (exact) mass is 326 g/mol. The molecule has 0 aliphatic carbocycles. The van der Waals surface area contributed by atoms with Crippen molar-refractivity contribution in [2.75, 3.05) is 26.3 Å². The van der Waals surface area contributed by atoms with E-state index in [9.17, 15) is 10.2 Å². The molecule has 3 atom stereocenters. The Kier molecular flexibility index (Phi) is 4.21. The van der Waals surface area contributed by atoms with Crippen LogP contribution in [0, 0.1) is 11.8 Å². The summed E-state index contributed by atoms with van der Waals surface area (Å²) in [5, 5.41) is 20.9. The lowest BCUT2D eigenvalue weighted by atomic mass is 9.75. The van der Waals surface area contributed by atoms with E-state index in [1.54, 1.807) is 0 Å². The molecule has 0 saturated carbocycles. The summed E-state index contributed by atoms with van der Waals surface area (Å²) in [7, 11) is 0. The summed E-state index contributed by atoms with van der Waals surface area (Å²) in [5.74, 6) is 0.467. The second-order valence-electron chi connectivity index (χ2n) is 7.13. The fourth-order valence-corrected chi connectivity index (χ4v) is 4.78. The van der Waals surface area contributed by atoms with E-state index in [-0.39, 0.29) is 25.0 Å². The Labute approximate surface area is 142 Å². The summed E-state index contributed by atoms with van der Waals surface area (Å²) < 4.78 is 0. The number of para-hydroxylation sites is 1. The second-order valence-corrected chi connectivity index (χ2v) is 7.13. The number of hydrogen-bond donors (Lipinski definition) is 3. The van der Waals surface area contributed by atoms with Gasteiger partial charge in [0.05, 0.1) is 12.6 Å². The smallest absolute Gasteiger partial charge is 0.0644 e. The van der Waals surface area contributed by atoms with Crippen molar-refractivity contribution in [1.82, 2.24) is 9.88 Å². The van der Waals surface area contributed by atoms with Crippen LogP contribution in [0.25, 0.3) is 10.9 Å². The topological polar surface area (TPSA) is 59.5 Å². The van der Waals surface area contributed by atoms with E-state index in [0.717, 1.165) is 31.5 Å². The van der Waals surface area contributed by atoms with Crippen LogP contribution in [0.3, 0.4) is 0 Å². The summed E-state index contributed by atoms with van der Waals surface area (Å²) in [6, 6.07) is 8.91. The number of fused-ring (bicyclic) bond motifs is 5. The predicted octanol–water partition coefficient (Wildman–Crippen LogP) is 2.63. The van der Waals surface area contributed by atoms with Gasteiger partial charge in [-0.3, -0.25) is 4.90 Å². The van der Waals surface area contributed by atoms with Crippen LogP contribution in [-0.4, -0.2) is 46.4 Å². The second kappa shape index (κ2) is 6.36. The lowest BCUT2D eigenvalue weighted by molar-refractivity contribution is 0.0335. The molecule has 2 aliphatic rings. The van der Waals surface area contributed by atoms with Crippen LogP contribution < -0.4 is 0 Å². The fraction of sp³-hybridized carbons (Fsp3) is 0.500. The van der Waals surface area contributed by atoms with Crippen LogP contribution in [0.5, 0.6) is 0 Å². The predicted molar refractivity (Wildman–Crippen MR) is 95.8 cm³/mol. The van der Waals surface area contributed by atoms with Crippen molar-refractivity contribution in [1.29, 1.82) is 0 Å². The van der Waals surface area contributed by atoms with E-state index >= 15 is 0 Å². The largest absolute Gasteiger partial charge is 0.396 e. The van der Waals surface area contributed by atoms with Crippen LogP contribution in [-0.2, 0) is 6.42 Å². The minimum Gasteiger partial charge on any atom is -0.396 e. The Bertz CT molecular complexity index is 764. The molecule has 4 nitrogen and oxygen atoms in total. The van der Waals surface area contributed by atoms with Gasteiger partial charge in [-0.25, -0.2) is 0 Å². The number of nitrogens with one attached hydrogen (secondary N) is 1. The van der Waals surface area contributed by atoms with Gasteiger partial charge in [-0.1, -0.05) is 24.3 Å². The van der Waals surface area contributed by atoms with Crippen molar-refractivity contribution < 1.29 is 10.2 Å². The van der Waals surface area contributed by atoms with Gasteiger partial charge in [0.2, 0.25) is 0 Å². The van der Waals surface area contributed by atoms with Gasteiger partial charge in [0.1, 0.15) is 0 Å². The Morgan fingerprint density at radius 3 is 2.92 bits per heavy atom. The van der Waals surface area contributed by atoms with Crippen molar-refractivity contribution in [2.24, 2.45) is 11.8 Å². The molecule has 1 fully saturated rings. The van der Waals surface area contributed by atoms with Crippen molar-refractivity contribution in [3.05, 3.63) is 47.2 Å². The van der Waals surface area contributed by atoms with Crippen LogP contribution in [0.2, 0.25) is 0 Å². The quantitative estimate of drug-likeness (QED) is 0.760. The highest BCUT2D eigenvalue weighted by atomic mass is 16.3. The normalized spacial score (nSPS) is 28.0. The molecule has 3 heterocycles. The van der Waals surface area contributed by atoms with Gasteiger partial charge in [-0.15, -0.1) is 0 Å². The van der Waals surface area contributed by atoms with Crippen molar-refractivity contribution in [3.63, 3.8) is 0 Å². The Hall–Kier alpha value is -1.62. The summed E-state index contributed by atoms with van der Waals surface area (Å²) in [4.78, 5) is 6.17. The van der Waals surface area contributed by atoms with Crippen molar-refractivity contribution >= 4 is 10.9 Å². The molecule has 24 heavy (non-hydrogen) atoms. The number of rotatable bonds is 3. The first-order chi connectivity index (χ1) is 11.8. The molecule has 1 aromatic carbocycles. The number of aromatic nitrogens is 1. The van der Waals surface area contributed by atoms with Crippen molar-refractivity contribution in [2.45, 2.75) is 25.8 Å². The number of benzene rings is 1. The van der Waals surface area contributed by atoms with Gasteiger partial charge in [-0.2, -0.15) is 0 Å². The fourth-order valence-electron chi connectivity index (χ4n) is 4.78. The highest BCUT2D eigenvalue weighted by Gasteiger charge is 2.40. The van der Waals surface area contributed by atoms with E-state index in [4.69, 9.17) is 0 Å². The van der Waals surface area contributed by atoms with Gasteiger partial charge in [0.15, 0.2) is 0 Å². The van der Waals surface area contributed by atoms with Crippen molar-refractivity contribution in [3.8, 4) is 0 Å². The summed E-state index contributed by atoms with van der Waals surface area (Å²) in [6.45, 7) is 4.21. The molecule has 2 aliphatic heterocycles. The van der Waals surface area contributed by atoms with E-state index in [2.05, 4.69) is 34.1 Å². The minimum absolute atomic E-state index is 0.0872. The average Bonchev–Trinajstić information content (AvgIpc) is 3.01. The highest BCUT2D eigenvalue weighted by Crippen LogP contribution is 2.44. The third-order valence-corrected chi connectivity index (χ3v) is 6.05. The summed E-state index contributed by atoms with van der Waals surface area (Å²) in [6.07, 6.45) is 4.05. The van der Waals surface area contributed by atoms with E-state index in [0.29, 0.717) is 6.04 Å². The molecule has 3 N–H and O–H groups in total. The lowest BCUT2D eigenvalue weighted by Crippen LogP contribution is -2.47. The first-order valence-electron chi connectivity index (χ1n) is 8.97. The number of aliphatic hydroxyl groups is 2. The number of allylic oxidation sites excluding steroid dienone is 1. The van der Waals surface area contributed by atoms with Crippen LogP contribution in [0.15, 0.2) is 35.9 Å². The third kappa shape index (κ3) is 2.41. The number of hydrogen-bond acceptors (Lipinski definition) is 3. The molecule has 1 saturated heterocycles. The first-order valence-corrected chi connectivity index (χ1v) is 8.97. The van der Waals surface area contributed by atoms with Gasteiger partial charge in [0.25, 0.3) is 0 Å². The summed E-state index contributed by atoms with van der Waals surface area (Å²) in [5.41, 5.74) is 5.09. The Morgan fingerprint density at radius 1 is 1.33 bits per heavy atom. The maximum atomic E-state index is 9.86. The number of nitrogens with zero attached hydrogens (tertiary/aromatic N) is 1. The number of aromatic amines is 1. The molecular formula is C20H26N2O2. The van der Waals surface area contributed by atoms with Gasteiger partial charge < -0.3 is 15.2 Å². The van der Waals surface area contributed by atoms with Gasteiger partial charge >= 0.3 is 0 Å². The zero-order valence-corrected chi connectivity index (χ0v) is 14.2. The first kappa shape index (κ1) is 15.9. The van der Waals surface area contributed by atoms with Gasteiger partial charge in [-0.05, 0) is 42.9 Å². The highest BCUT2D eigenvalue weighted by molar-refractivity contribution is 5.85. The molecule has 0 amide bonds. The maximum absolute atomic E-state index is 9.86. The Morgan fingerprint density at radius 2 is 2.17 bits per heavy atom. The zero-order valence-electron chi connectivity index (χ0n) is 14.2. The number of aliphatic hydroxyl groups excluding tert-OH is 2. The molecule has 1 unspecified atom stereocenters. The molecule has 0 radical (unpaired) electrons. The standard InChI is InChI=1S/C20H26N2O2/c1-2-13(11-23)17-9-19-20-16(7-8-22(19)10-14(17)12-24)15-5-3-4-6-18(15)21-20/h2-6,14,17,19,21,23-24H,7-12H2,1H3/b13-2+/t14?,17-,19+/m1/s1. The van der Waals surface area contributed by atoms with E-state index in [1.807, 2.05) is 13.0 Å².